The number of ether oxygens (including phenoxy) is 1. The summed E-state index contributed by atoms with van der Waals surface area (Å²) < 4.78 is 61.8. The fraction of sp³-hybridized carbons (Fsp3) is 0.448. The molecule has 1 aliphatic rings. The first-order valence-corrected chi connectivity index (χ1v) is 13.3. The van der Waals surface area contributed by atoms with Gasteiger partial charge in [-0.3, -0.25) is 9.78 Å². The lowest BCUT2D eigenvalue weighted by Gasteiger charge is -2.41. The summed E-state index contributed by atoms with van der Waals surface area (Å²) in [5.41, 5.74) is 0.340. The number of piperidine rings is 1. The lowest BCUT2D eigenvalue weighted by molar-refractivity contribution is -0.141. The van der Waals surface area contributed by atoms with Gasteiger partial charge in [-0.05, 0) is 93.4 Å². The molecule has 10 heteroatoms. The fourth-order valence-corrected chi connectivity index (χ4v) is 5.83. The summed E-state index contributed by atoms with van der Waals surface area (Å²) in [7, 11) is 1.52. The summed E-state index contributed by atoms with van der Waals surface area (Å²) in [6, 6.07) is 6.71. The van der Waals surface area contributed by atoms with Crippen molar-refractivity contribution in [1.82, 2.24) is 9.88 Å². The summed E-state index contributed by atoms with van der Waals surface area (Å²) in [4.78, 5) is 18.1. The van der Waals surface area contributed by atoms with Crippen molar-refractivity contribution in [3.8, 4) is 5.75 Å². The fourth-order valence-electron chi connectivity index (χ4n) is 5.56. The zero-order valence-electron chi connectivity index (χ0n) is 21.7. The van der Waals surface area contributed by atoms with Crippen LogP contribution in [0.3, 0.4) is 0 Å². The molecule has 39 heavy (non-hydrogen) atoms. The molecule has 1 fully saturated rings. The predicted octanol–water partition coefficient (Wildman–Crippen LogP) is 7.29. The second-order valence-corrected chi connectivity index (χ2v) is 10.7. The van der Waals surface area contributed by atoms with E-state index in [9.17, 15) is 23.1 Å². The van der Waals surface area contributed by atoms with Crippen LogP contribution in [-0.4, -0.2) is 47.7 Å². The minimum atomic E-state index is -1.42. The number of carbonyl (C=O) groups is 1. The summed E-state index contributed by atoms with van der Waals surface area (Å²) in [5.74, 6) is -3.42. The van der Waals surface area contributed by atoms with Crippen LogP contribution in [0.1, 0.15) is 55.8 Å². The van der Waals surface area contributed by atoms with E-state index >= 15 is 4.39 Å². The normalized spacial score (nSPS) is 16.4. The lowest BCUT2D eigenvalue weighted by Crippen LogP contribution is -2.41. The largest absolute Gasteiger partial charge is 0.497 e. The van der Waals surface area contributed by atoms with Gasteiger partial charge in [0, 0.05) is 23.2 Å². The van der Waals surface area contributed by atoms with Gasteiger partial charge in [0.25, 0.3) is 0 Å². The van der Waals surface area contributed by atoms with Gasteiger partial charge < -0.3 is 14.7 Å². The minimum Gasteiger partial charge on any atom is -0.497 e. The van der Waals surface area contributed by atoms with Crippen molar-refractivity contribution in [2.24, 2.45) is 5.41 Å². The van der Waals surface area contributed by atoms with Crippen molar-refractivity contribution >= 4 is 28.5 Å². The summed E-state index contributed by atoms with van der Waals surface area (Å²) in [6.45, 7) is 1.77. The molecule has 0 radical (unpaired) electrons. The van der Waals surface area contributed by atoms with Crippen LogP contribution in [-0.2, 0) is 11.2 Å². The van der Waals surface area contributed by atoms with Crippen LogP contribution in [0.15, 0.2) is 36.5 Å². The number of carboxylic acids is 1. The van der Waals surface area contributed by atoms with Crippen molar-refractivity contribution < 1.29 is 32.2 Å². The Morgan fingerprint density at radius 1 is 1.21 bits per heavy atom. The van der Waals surface area contributed by atoms with Crippen LogP contribution in [0.2, 0.25) is 5.02 Å². The SMILES string of the molecule is COc1ccc2ncc(Cl)c([C@H](F)CCC3(CC(=O)O)CCN(CCCc4cc(F)cc(F)c4F)CC3)c2c1. The van der Waals surface area contributed by atoms with Crippen molar-refractivity contribution in [1.29, 1.82) is 0 Å². The summed E-state index contributed by atoms with van der Waals surface area (Å²) >= 11 is 6.36. The Balaban J connectivity index is 1.39. The quantitative estimate of drug-likeness (QED) is 0.195. The van der Waals surface area contributed by atoms with E-state index in [2.05, 4.69) is 9.88 Å². The number of aryl methyl sites for hydroxylation is 1. The standard InChI is InChI=1S/C29H31ClF4N2O3/c1-39-20-4-5-25-21(15-20)27(22(30)17-35-25)23(32)6-7-29(16-26(37)38)8-11-36(12-9-29)10-2-3-18-13-19(31)14-24(33)28(18)34/h4-5,13-15,17,23H,2-3,6-12,16H2,1H3,(H,37,38)/t23-/m1/s1. The Hall–Kier alpha value is -2.91. The number of methoxy groups -OCH3 is 1. The molecule has 0 saturated carbocycles. The number of benzene rings is 2. The molecule has 2 aromatic carbocycles. The number of nitrogens with zero attached hydrogens (tertiary/aromatic N) is 2. The molecule has 2 heterocycles. The highest BCUT2D eigenvalue weighted by Crippen LogP contribution is 2.44. The second kappa shape index (κ2) is 12.5. The smallest absolute Gasteiger partial charge is 0.303 e. The number of rotatable bonds is 11. The predicted molar refractivity (Wildman–Crippen MR) is 141 cm³/mol. The number of pyridine rings is 1. The maximum atomic E-state index is 15.7. The van der Waals surface area contributed by atoms with Gasteiger partial charge in [0.15, 0.2) is 11.6 Å². The molecule has 0 unspecified atom stereocenters. The number of aliphatic carboxylic acids is 1. The van der Waals surface area contributed by atoms with Gasteiger partial charge in [0.05, 0.1) is 24.1 Å². The molecule has 0 bridgehead atoms. The average Bonchev–Trinajstić information content (AvgIpc) is 2.90. The molecule has 1 aromatic heterocycles. The minimum absolute atomic E-state index is 0.00126. The van der Waals surface area contributed by atoms with E-state index in [1.807, 2.05) is 0 Å². The van der Waals surface area contributed by atoms with Crippen molar-refractivity contribution in [3.05, 3.63) is 70.1 Å². The molecular weight excluding hydrogens is 536 g/mol. The van der Waals surface area contributed by atoms with Crippen LogP contribution in [0.25, 0.3) is 10.9 Å². The molecular formula is C29H31ClF4N2O3. The molecule has 5 nitrogen and oxygen atoms in total. The first kappa shape index (κ1) is 29.1. The van der Waals surface area contributed by atoms with E-state index in [-0.39, 0.29) is 29.8 Å². The lowest BCUT2D eigenvalue weighted by atomic mass is 9.71. The molecule has 3 aromatic rings. The number of hydrogen-bond acceptors (Lipinski definition) is 4. The maximum Gasteiger partial charge on any atom is 0.303 e. The van der Waals surface area contributed by atoms with E-state index in [0.717, 1.165) is 6.07 Å². The van der Waals surface area contributed by atoms with E-state index in [0.29, 0.717) is 73.6 Å². The van der Waals surface area contributed by atoms with E-state index in [1.54, 1.807) is 18.2 Å². The molecule has 0 spiro atoms. The molecule has 1 N–H and O–H groups in total. The van der Waals surface area contributed by atoms with Crippen molar-refractivity contribution in [3.63, 3.8) is 0 Å². The van der Waals surface area contributed by atoms with Crippen LogP contribution in [0, 0.1) is 22.9 Å². The highest BCUT2D eigenvalue weighted by Gasteiger charge is 2.37. The first-order valence-electron chi connectivity index (χ1n) is 12.9. The number of hydrogen-bond donors (Lipinski definition) is 1. The Bertz CT molecular complexity index is 1330. The van der Waals surface area contributed by atoms with Gasteiger partial charge in [-0.15, -0.1) is 0 Å². The number of carboxylic acid groups (broad SMARTS) is 1. The number of alkyl halides is 1. The summed E-state index contributed by atoms with van der Waals surface area (Å²) in [6.07, 6.45) is 2.22. The van der Waals surface area contributed by atoms with Gasteiger partial charge in [0.2, 0.25) is 0 Å². The third-order valence-corrected chi connectivity index (χ3v) is 8.04. The van der Waals surface area contributed by atoms with E-state index < -0.39 is 35.0 Å². The number of fused-ring (bicyclic) bond motifs is 1. The van der Waals surface area contributed by atoms with Crippen LogP contribution in [0.4, 0.5) is 17.6 Å². The number of aromatic nitrogens is 1. The van der Waals surface area contributed by atoms with E-state index in [1.165, 1.54) is 13.3 Å². The molecule has 210 valence electrons. The van der Waals surface area contributed by atoms with Crippen molar-refractivity contribution in [2.75, 3.05) is 26.7 Å². The Kier molecular flexibility index (Phi) is 9.33. The van der Waals surface area contributed by atoms with Crippen LogP contribution < -0.4 is 4.74 Å². The molecule has 1 saturated heterocycles. The molecule has 1 aliphatic heterocycles. The van der Waals surface area contributed by atoms with Crippen LogP contribution in [0.5, 0.6) is 5.75 Å². The average molecular weight is 567 g/mol. The topological polar surface area (TPSA) is 62.7 Å². The van der Waals surface area contributed by atoms with Gasteiger partial charge in [-0.2, -0.15) is 0 Å². The number of likely N-dealkylation sites (tertiary alicyclic amines) is 1. The molecule has 0 amide bonds. The molecule has 4 rings (SSSR count). The van der Waals surface area contributed by atoms with Gasteiger partial charge in [0.1, 0.15) is 17.7 Å². The van der Waals surface area contributed by atoms with Gasteiger partial charge >= 0.3 is 5.97 Å². The van der Waals surface area contributed by atoms with E-state index in [4.69, 9.17) is 16.3 Å². The number of halogens is 5. The van der Waals surface area contributed by atoms with Gasteiger partial charge in [-0.1, -0.05) is 11.6 Å². The second-order valence-electron chi connectivity index (χ2n) is 10.3. The third kappa shape index (κ3) is 7.00. The third-order valence-electron chi connectivity index (χ3n) is 7.74. The van der Waals surface area contributed by atoms with Crippen molar-refractivity contribution in [2.45, 2.75) is 51.1 Å². The summed E-state index contributed by atoms with van der Waals surface area (Å²) in [5, 5.41) is 10.4. The maximum absolute atomic E-state index is 15.7. The first-order chi connectivity index (χ1) is 18.6. The van der Waals surface area contributed by atoms with Gasteiger partial charge in [-0.25, -0.2) is 17.6 Å². The monoisotopic (exact) mass is 566 g/mol. The Labute approximate surface area is 229 Å². The zero-order valence-corrected chi connectivity index (χ0v) is 22.4. The Morgan fingerprint density at radius 3 is 2.64 bits per heavy atom. The molecule has 1 atom stereocenters. The zero-order chi connectivity index (χ0) is 28.2. The highest BCUT2D eigenvalue weighted by atomic mass is 35.5. The Morgan fingerprint density at radius 2 is 1.95 bits per heavy atom. The van der Waals surface area contributed by atoms with Crippen LogP contribution >= 0.6 is 11.6 Å². The highest BCUT2D eigenvalue weighted by molar-refractivity contribution is 6.32. The molecule has 0 aliphatic carbocycles.